The van der Waals surface area contributed by atoms with Crippen LogP contribution in [-0.4, -0.2) is 36.9 Å². The molecule has 8 heteroatoms. The number of pyridine rings is 1. The molecule has 2 aromatic rings. The van der Waals surface area contributed by atoms with Crippen LogP contribution in [0, 0.1) is 5.82 Å². The van der Waals surface area contributed by atoms with E-state index in [1.165, 1.54) is 22.6 Å². The van der Waals surface area contributed by atoms with Gasteiger partial charge in [-0.15, -0.1) is 0 Å². The van der Waals surface area contributed by atoms with Gasteiger partial charge in [-0.1, -0.05) is 11.6 Å². The molecule has 1 unspecified atom stereocenters. The van der Waals surface area contributed by atoms with Gasteiger partial charge in [0.05, 0.1) is 11.4 Å². The van der Waals surface area contributed by atoms with Crippen LogP contribution in [-0.2, 0) is 10.0 Å². The van der Waals surface area contributed by atoms with Crippen molar-refractivity contribution in [3.63, 3.8) is 0 Å². The maximum absolute atomic E-state index is 13.0. The van der Waals surface area contributed by atoms with Crippen LogP contribution in [0.5, 0.6) is 5.75 Å². The molecule has 2 heterocycles. The molecule has 1 aliphatic rings. The number of piperidine rings is 1. The van der Waals surface area contributed by atoms with Gasteiger partial charge in [-0.3, -0.25) is 4.98 Å². The molecule has 1 atom stereocenters. The van der Waals surface area contributed by atoms with Gasteiger partial charge in [-0.25, -0.2) is 12.8 Å². The monoisotopic (exact) mass is 370 g/mol. The van der Waals surface area contributed by atoms with Crippen LogP contribution in [0.15, 0.2) is 47.6 Å². The average molecular weight is 371 g/mol. The summed E-state index contributed by atoms with van der Waals surface area (Å²) in [7, 11) is -3.67. The summed E-state index contributed by atoms with van der Waals surface area (Å²) in [5.41, 5.74) is 0. The van der Waals surface area contributed by atoms with Gasteiger partial charge in [-0.05, 0) is 37.1 Å². The Morgan fingerprint density at radius 2 is 2.00 bits per heavy atom. The fraction of sp³-hybridized carbons (Fsp3) is 0.312. The first-order valence-corrected chi connectivity index (χ1v) is 9.30. The van der Waals surface area contributed by atoms with Crippen molar-refractivity contribution in [2.45, 2.75) is 23.8 Å². The van der Waals surface area contributed by atoms with Gasteiger partial charge < -0.3 is 4.74 Å². The Balaban J connectivity index is 1.75. The van der Waals surface area contributed by atoms with E-state index in [0.29, 0.717) is 23.7 Å². The Bertz CT molecular complexity index is 814. The van der Waals surface area contributed by atoms with Gasteiger partial charge in [-0.2, -0.15) is 4.31 Å². The summed E-state index contributed by atoms with van der Waals surface area (Å²) in [5.74, 6) is 0.0128. The molecular weight excluding hydrogens is 355 g/mol. The lowest BCUT2D eigenvalue weighted by Crippen LogP contribution is -2.44. The van der Waals surface area contributed by atoms with E-state index in [2.05, 4.69) is 4.98 Å². The second kappa shape index (κ2) is 7.04. The molecule has 0 aliphatic carbocycles. The van der Waals surface area contributed by atoms with E-state index in [0.717, 1.165) is 18.6 Å². The lowest BCUT2D eigenvalue weighted by atomic mass is 10.1. The van der Waals surface area contributed by atoms with E-state index in [4.69, 9.17) is 16.3 Å². The Morgan fingerprint density at radius 3 is 2.71 bits per heavy atom. The van der Waals surface area contributed by atoms with Crippen LogP contribution < -0.4 is 4.74 Å². The highest BCUT2D eigenvalue weighted by Gasteiger charge is 2.31. The number of benzene rings is 1. The Labute approximate surface area is 145 Å². The lowest BCUT2D eigenvalue weighted by molar-refractivity contribution is 0.130. The predicted octanol–water partition coefficient (Wildman–Crippen LogP) is 3.11. The largest absolute Gasteiger partial charge is 0.487 e. The first-order valence-electron chi connectivity index (χ1n) is 7.49. The van der Waals surface area contributed by atoms with Crippen LogP contribution in [0.4, 0.5) is 4.39 Å². The Kier molecular flexibility index (Phi) is 5.03. The minimum atomic E-state index is -3.67. The number of nitrogens with zero attached hydrogens (tertiary/aromatic N) is 2. The molecule has 1 aromatic carbocycles. The zero-order valence-electron chi connectivity index (χ0n) is 12.7. The van der Waals surface area contributed by atoms with Gasteiger partial charge >= 0.3 is 0 Å². The topological polar surface area (TPSA) is 59.5 Å². The van der Waals surface area contributed by atoms with Gasteiger partial charge in [0.2, 0.25) is 10.0 Å². The molecule has 0 N–H and O–H groups in total. The SMILES string of the molecule is O=S(=O)(c1ccc(F)cc1)N1CCCC(Oc2ccncc2Cl)C1. The van der Waals surface area contributed by atoms with E-state index in [1.807, 2.05) is 0 Å². The molecule has 0 radical (unpaired) electrons. The molecular formula is C16H16ClFN2O3S. The van der Waals surface area contributed by atoms with Crippen LogP contribution in [0.2, 0.25) is 5.02 Å². The fourth-order valence-corrected chi connectivity index (χ4v) is 4.29. The molecule has 3 rings (SSSR count). The van der Waals surface area contributed by atoms with Crippen molar-refractivity contribution in [3.05, 3.63) is 53.6 Å². The average Bonchev–Trinajstić information content (AvgIpc) is 2.58. The van der Waals surface area contributed by atoms with Crippen molar-refractivity contribution in [3.8, 4) is 5.75 Å². The lowest BCUT2D eigenvalue weighted by Gasteiger charge is -2.32. The third-order valence-corrected chi connectivity index (χ3v) is 5.98. The van der Waals surface area contributed by atoms with Gasteiger partial charge in [0, 0.05) is 25.0 Å². The van der Waals surface area contributed by atoms with Crippen LogP contribution >= 0.6 is 11.6 Å². The first kappa shape index (κ1) is 17.1. The van der Waals surface area contributed by atoms with E-state index in [-0.39, 0.29) is 17.5 Å². The minimum Gasteiger partial charge on any atom is -0.487 e. The summed E-state index contributed by atoms with van der Waals surface area (Å²) in [4.78, 5) is 3.97. The van der Waals surface area contributed by atoms with Crippen LogP contribution in [0.1, 0.15) is 12.8 Å². The molecule has 1 fully saturated rings. The summed E-state index contributed by atoms with van der Waals surface area (Å²) in [6.45, 7) is 0.627. The van der Waals surface area contributed by atoms with Crippen molar-refractivity contribution < 1.29 is 17.5 Å². The van der Waals surface area contributed by atoms with Crippen molar-refractivity contribution in [2.75, 3.05) is 13.1 Å². The van der Waals surface area contributed by atoms with Gasteiger partial charge in [0.1, 0.15) is 22.7 Å². The number of ether oxygens (including phenoxy) is 1. The Morgan fingerprint density at radius 1 is 1.25 bits per heavy atom. The maximum atomic E-state index is 13.0. The number of aromatic nitrogens is 1. The second-order valence-corrected chi connectivity index (χ2v) is 7.85. The third-order valence-electron chi connectivity index (χ3n) is 3.82. The molecule has 0 amide bonds. The van der Waals surface area contributed by atoms with Crippen LogP contribution in [0.25, 0.3) is 0 Å². The van der Waals surface area contributed by atoms with Gasteiger partial charge in [0.25, 0.3) is 0 Å². The van der Waals surface area contributed by atoms with E-state index >= 15 is 0 Å². The molecule has 1 saturated heterocycles. The highest BCUT2D eigenvalue weighted by molar-refractivity contribution is 7.89. The first-order chi connectivity index (χ1) is 11.5. The highest BCUT2D eigenvalue weighted by Crippen LogP contribution is 2.27. The summed E-state index contributed by atoms with van der Waals surface area (Å²) in [6, 6.07) is 6.47. The fourth-order valence-electron chi connectivity index (χ4n) is 2.61. The zero-order valence-corrected chi connectivity index (χ0v) is 14.3. The number of sulfonamides is 1. The highest BCUT2D eigenvalue weighted by atomic mass is 35.5. The molecule has 1 aromatic heterocycles. The van der Waals surface area contributed by atoms with E-state index in [1.54, 1.807) is 12.3 Å². The maximum Gasteiger partial charge on any atom is 0.243 e. The summed E-state index contributed by atoms with van der Waals surface area (Å²) in [6.07, 6.45) is 4.15. The quantitative estimate of drug-likeness (QED) is 0.829. The molecule has 1 aliphatic heterocycles. The molecule has 0 bridgehead atoms. The summed E-state index contributed by atoms with van der Waals surface area (Å²) in [5, 5.41) is 0.385. The summed E-state index contributed by atoms with van der Waals surface area (Å²) < 4.78 is 45.6. The molecule has 0 spiro atoms. The standard InChI is InChI=1S/C16H16ClFN2O3S/c17-15-10-19-8-7-16(15)23-13-2-1-9-20(11-13)24(21,22)14-5-3-12(18)4-6-14/h3-8,10,13H,1-2,9,11H2. The Hall–Kier alpha value is -1.70. The van der Waals surface area contributed by atoms with Gasteiger partial charge in [0.15, 0.2) is 0 Å². The van der Waals surface area contributed by atoms with E-state index < -0.39 is 15.8 Å². The number of rotatable bonds is 4. The third kappa shape index (κ3) is 3.68. The molecule has 5 nitrogen and oxygen atoms in total. The predicted molar refractivity (Wildman–Crippen MR) is 88.1 cm³/mol. The molecule has 128 valence electrons. The summed E-state index contributed by atoms with van der Waals surface area (Å²) >= 11 is 6.03. The number of hydrogen-bond donors (Lipinski definition) is 0. The number of hydrogen-bond acceptors (Lipinski definition) is 4. The smallest absolute Gasteiger partial charge is 0.243 e. The van der Waals surface area contributed by atoms with Crippen molar-refractivity contribution in [1.82, 2.24) is 9.29 Å². The van der Waals surface area contributed by atoms with Crippen molar-refractivity contribution in [1.29, 1.82) is 0 Å². The second-order valence-electron chi connectivity index (χ2n) is 5.51. The normalized spacial score (nSPS) is 19.2. The molecule has 24 heavy (non-hydrogen) atoms. The van der Waals surface area contributed by atoms with Crippen molar-refractivity contribution >= 4 is 21.6 Å². The zero-order chi connectivity index (χ0) is 17.2. The molecule has 0 saturated carbocycles. The van der Waals surface area contributed by atoms with Crippen molar-refractivity contribution in [2.24, 2.45) is 0 Å². The minimum absolute atomic E-state index is 0.0755. The van der Waals surface area contributed by atoms with E-state index in [9.17, 15) is 12.8 Å². The number of halogens is 2. The van der Waals surface area contributed by atoms with Crippen LogP contribution in [0.3, 0.4) is 0 Å².